The van der Waals surface area contributed by atoms with E-state index in [0.717, 1.165) is 0 Å². The van der Waals surface area contributed by atoms with Gasteiger partial charge in [-0.05, 0) is 0 Å². The van der Waals surface area contributed by atoms with Crippen molar-refractivity contribution in [1.29, 1.82) is 0 Å². The maximum atomic E-state index is 10.9. The molecule has 0 fully saturated rings. The quantitative estimate of drug-likeness (QED) is 0.257. The summed E-state index contributed by atoms with van der Waals surface area (Å²) in [6.45, 7) is 2.85. The average molecular weight is 260 g/mol. The molecule has 0 aliphatic heterocycles. The van der Waals surface area contributed by atoms with Gasteiger partial charge < -0.3 is 19.5 Å². The van der Waals surface area contributed by atoms with E-state index in [1.165, 1.54) is 0 Å². The summed E-state index contributed by atoms with van der Waals surface area (Å²) in [5.74, 6) is 6.81. The highest BCUT2D eigenvalue weighted by Crippen LogP contribution is 1.80. The van der Waals surface area contributed by atoms with Gasteiger partial charge in [0.25, 0.3) is 0 Å². The largest absolute Gasteiger partial charge is 0.377 e. The molecule has 0 aromatic rings. The monoisotopic (exact) mass is 260 g/mol. The minimum absolute atomic E-state index is 0.152. The number of amides is 1. The van der Waals surface area contributed by atoms with Crippen LogP contribution in [0, 0.1) is 12.3 Å². The molecule has 104 valence electrons. The number of ether oxygens (including phenoxy) is 3. The molecule has 0 rings (SSSR count). The number of nitrogens with one attached hydrogen (secondary N) is 1. The number of terminal acetylenes is 1. The van der Waals surface area contributed by atoms with E-state index in [4.69, 9.17) is 26.5 Å². The summed E-state index contributed by atoms with van der Waals surface area (Å²) < 4.78 is 15.4. The van der Waals surface area contributed by atoms with Gasteiger partial charge in [0.05, 0.1) is 33.0 Å². The van der Waals surface area contributed by atoms with Crippen molar-refractivity contribution in [3.05, 3.63) is 0 Å². The van der Waals surface area contributed by atoms with Gasteiger partial charge >= 0.3 is 0 Å². The first-order chi connectivity index (χ1) is 8.81. The Labute approximate surface area is 107 Å². The van der Waals surface area contributed by atoms with Crippen LogP contribution in [-0.2, 0) is 23.8 Å². The minimum Gasteiger partial charge on any atom is -0.377 e. The Morgan fingerprint density at radius 2 is 1.72 bits per heavy atom. The van der Waals surface area contributed by atoms with Crippen LogP contribution in [0.15, 0.2) is 0 Å². The standard InChI is InChI=1S/C11H20N2O5/c1-2-4-15-6-8-17-9-7-16-5-3-13-11(14)10-18-12/h1H,3-10,12H2,(H,13,14). The van der Waals surface area contributed by atoms with Crippen molar-refractivity contribution in [3.8, 4) is 12.3 Å². The molecule has 0 bridgehead atoms. The van der Waals surface area contributed by atoms with Crippen LogP contribution in [-0.4, -0.2) is 58.7 Å². The molecule has 0 aromatic heterocycles. The van der Waals surface area contributed by atoms with Crippen LogP contribution >= 0.6 is 0 Å². The summed E-state index contributed by atoms with van der Waals surface area (Å²) in [6, 6.07) is 0. The van der Waals surface area contributed by atoms with Gasteiger partial charge in [0.2, 0.25) is 5.91 Å². The molecule has 18 heavy (non-hydrogen) atoms. The van der Waals surface area contributed by atoms with E-state index in [9.17, 15) is 4.79 Å². The molecule has 0 aliphatic carbocycles. The summed E-state index contributed by atoms with van der Waals surface area (Å²) in [4.78, 5) is 15.0. The molecule has 3 N–H and O–H groups in total. The van der Waals surface area contributed by atoms with E-state index in [1.807, 2.05) is 0 Å². The predicted octanol–water partition coefficient (Wildman–Crippen LogP) is -1.32. The number of nitrogens with two attached hydrogens (primary N) is 1. The highest BCUT2D eigenvalue weighted by molar-refractivity contribution is 5.77. The molecule has 0 radical (unpaired) electrons. The van der Waals surface area contributed by atoms with Gasteiger partial charge in [-0.2, -0.15) is 0 Å². The second-order valence-electron chi connectivity index (χ2n) is 3.14. The number of rotatable bonds is 12. The van der Waals surface area contributed by atoms with Crippen LogP contribution in [0.5, 0.6) is 0 Å². The first-order valence-corrected chi connectivity index (χ1v) is 5.56. The minimum atomic E-state index is -0.275. The van der Waals surface area contributed by atoms with E-state index in [-0.39, 0.29) is 12.5 Å². The molecule has 0 heterocycles. The highest BCUT2D eigenvalue weighted by Gasteiger charge is 1.98. The van der Waals surface area contributed by atoms with Crippen LogP contribution in [0.2, 0.25) is 0 Å². The van der Waals surface area contributed by atoms with Crippen molar-refractivity contribution in [1.82, 2.24) is 5.32 Å². The van der Waals surface area contributed by atoms with Crippen molar-refractivity contribution in [2.75, 3.05) is 52.8 Å². The van der Waals surface area contributed by atoms with Crippen LogP contribution in [0.25, 0.3) is 0 Å². The van der Waals surface area contributed by atoms with Gasteiger partial charge in [-0.1, -0.05) is 5.92 Å². The van der Waals surface area contributed by atoms with Gasteiger partial charge in [0.15, 0.2) is 0 Å². The van der Waals surface area contributed by atoms with E-state index in [1.54, 1.807) is 0 Å². The van der Waals surface area contributed by atoms with Gasteiger partial charge in [-0.3, -0.25) is 9.63 Å². The van der Waals surface area contributed by atoms with Gasteiger partial charge in [-0.15, -0.1) is 6.42 Å². The second kappa shape index (κ2) is 13.9. The Hall–Kier alpha value is -1.17. The zero-order valence-electron chi connectivity index (χ0n) is 10.4. The highest BCUT2D eigenvalue weighted by atomic mass is 16.6. The first-order valence-electron chi connectivity index (χ1n) is 5.56. The van der Waals surface area contributed by atoms with Gasteiger partial charge in [-0.25, -0.2) is 5.90 Å². The van der Waals surface area contributed by atoms with Crippen LogP contribution in [0.1, 0.15) is 0 Å². The fraction of sp³-hybridized carbons (Fsp3) is 0.727. The fourth-order valence-electron chi connectivity index (χ4n) is 0.960. The van der Waals surface area contributed by atoms with Crippen LogP contribution in [0.3, 0.4) is 0 Å². The fourth-order valence-corrected chi connectivity index (χ4v) is 0.960. The molecule has 0 saturated carbocycles. The molecule has 0 aromatic carbocycles. The third kappa shape index (κ3) is 12.9. The number of hydrogen-bond acceptors (Lipinski definition) is 6. The molecular formula is C11H20N2O5. The van der Waals surface area contributed by atoms with Crippen molar-refractivity contribution in [3.63, 3.8) is 0 Å². The second-order valence-corrected chi connectivity index (χ2v) is 3.14. The van der Waals surface area contributed by atoms with Crippen molar-refractivity contribution < 1.29 is 23.8 Å². The number of carbonyl (C=O) groups excluding carboxylic acids is 1. The summed E-state index contributed by atoms with van der Waals surface area (Å²) in [5, 5.41) is 2.56. The Morgan fingerprint density at radius 3 is 2.33 bits per heavy atom. The smallest absolute Gasteiger partial charge is 0.248 e. The molecule has 0 saturated heterocycles. The number of hydrogen-bond donors (Lipinski definition) is 2. The molecule has 0 spiro atoms. The third-order valence-electron chi connectivity index (χ3n) is 1.71. The molecule has 7 heteroatoms. The van der Waals surface area contributed by atoms with E-state index < -0.39 is 0 Å². The molecule has 0 atom stereocenters. The summed E-state index contributed by atoms with van der Waals surface area (Å²) in [7, 11) is 0. The third-order valence-corrected chi connectivity index (χ3v) is 1.71. The lowest BCUT2D eigenvalue weighted by Crippen LogP contribution is -2.31. The van der Waals surface area contributed by atoms with Crippen molar-refractivity contribution in [2.24, 2.45) is 5.90 Å². The van der Waals surface area contributed by atoms with Gasteiger partial charge in [0.1, 0.15) is 13.2 Å². The molecule has 0 unspecified atom stereocenters. The average Bonchev–Trinajstić information content (AvgIpc) is 2.36. The Morgan fingerprint density at radius 1 is 1.11 bits per heavy atom. The maximum absolute atomic E-state index is 10.9. The van der Waals surface area contributed by atoms with Crippen molar-refractivity contribution in [2.45, 2.75) is 0 Å². The summed E-state index contributed by atoms with van der Waals surface area (Å²) >= 11 is 0. The molecule has 7 nitrogen and oxygen atoms in total. The zero-order valence-corrected chi connectivity index (χ0v) is 10.4. The molecular weight excluding hydrogens is 240 g/mol. The van der Waals surface area contributed by atoms with Gasteiger partial charge in [0, 0.05) is 6.54 Å². The Bertz CT molecular complexity index is 242. The van der Waals surface area contributed by atoms with Crippen LogP contribution in [0.4, 0.5) is 0 Å². The van der Waals surface area contributed by atoms with E-state index in [0.29, 0.717) is 46.2 Å². The van der Waals surface area contributed by atoms with E-state index in [2.05, 4.69) is 16.1 Å². The molecule has 1 amide bonds. The zero-order chi connectivity index (χ0) is 13.5. The normalized spacial score (nSPS) is 10.0. The summed E-state index contributed by atoms with van der Waals surface area (Å²) in [6.07, 6.45) is 5.00. The predicted molar refractivity (Wildman–Crippen MR) is 64.4 cm³/mol. The SMILES string of the molecule is C#CCOCCOCCOCCNC(=O)CON. The Balaban J connectivity index is 3.03. The summed E-state index contributed by atoms with van der Waals surface area (Å²) in [5.41, 5.74) is 0. The Kier molecular flexibility index (Phi) is 13.0. The van der Waals surface area contributed by atoms with Crippen molar-refractivity contribution >= 4 is 5.91 Å². The lowest BCUT2D eigenvalue weighted by Gasteiger charge is -2.06. The topological polar surface area (TPSA) is 92.0 Å². The lowest BCUT2D eigenvalue weighted by atomic mass is 10.6. The molecule has 0 aliphatic rings. The first kappa shape index (κ1) is 16.8. The van der Waals surface area contributed by atoms with Crippen LogP contribution < -0.4 is 11.2 Å². The van der Waals surface area contributed by atoms with E-state index >= 15 is 0 Å². The number of carbonyl (C=O) groups is 1. The maximum Gasteiger partial charge on any atom is 0.248 e. The lowest BCUT2D eigenvalue weighted by molar-refractivity contribution is -0.126.